The summed E-state index contributed by atoms with van der Waals surface area (Å²) in [5.41, 5.74) is 1.71. The van der Waals surface area contributed by atoms with Crippen LogP contribution >= 0.6 is 0 Å². The van der Waals surface area contributed by atoms with Gasteiger partial charge in [0.15, 0.2) is 5.82 Å². The Labute approximate surface area is 220 Å². The van der Waals surface area contributed by atoms with Crippen LogP contribution in [0.15, 0.2) is 54.9 Å². The summed E-state index contributed by atoms with van der Waals surface area (Å²) in [5.74, 6) is 1.10. The molecular weight excluding hydrogens is 489 g/mol. The van der Waals surface area contributed by atoms with E-state index in [9.17, 15) is 9.18 Å². The van der Waals surface area contributed by atoms with Crippen LogP contribution in [0.25, 0.3) is 10.9 Å². The summed E-state index contributed by atoms with van der Waals surface area (Å²) in [6.45, 7) is 5.43. The lowest BCUT2D eigenvalue weighted by Crippen LogP contribution is -2.27. The van der Waals surface area contributed by atoms with Gasteiger partial charge in [-0.2, -0.15) is 5.10 Å². The molecule has 1 amide bonds. The Kier molecular flexibility index (Phi) is 9.54. The Morgan fingerprint density at radius 3 is 2.84 bits per heavy atom. The highest BCUT2D eigenvalue weighted by atomic mass is 19.1. The van der Waals surface area contributed by atoms with Crippen molar-refractivity contribution < 1.29 is 19.0 Å². The molecule has 4 rings (SSSR count). The average molecular weight is 522 g/mol. The highest BCUT2D eigenvalue weighted by Gasteiger charge is 2.11. The number of aliphatic hydroxyl groups is 1. The van der Waals surface area contributed by atoms with Crippen molar-refractivity contribution >= 4 is 34.1 Å². The van der Waals surface area contributed by atoms with Crippen molar-refractivity contribution in [3.05, 3.63) is 66.4 Å². The van der Waals surface area contributed by atoms with E-state index in [4.69, 9.17) is 9.84 Å². The maximum Gasteiger partial charge on any atom is 0.230 e. The van der Waals surface area contributed by atoms with Gasteiger partial charge in [0.25, 0.3) is 0 Å². The number of fused-ring (bicyclic) bond motifs is 1. The molecule has 4 N–H and O–H groups in total. The summed E-state index contributed by atoms with van der Waals surface area (Å²) in [6.07, 6.45) is 3.43. The number of carbonyl (C=O) groups excluding carboxylic acids is 1. The molecule has 0 unspecified atom stereocenters. The number of aromatic nitrogens is 4. The van der Waals surface area contributed by atoms with E-state index in [1.54, 1.807) is 12.1 Å². The molecule has 0 bridgehead atoms. The number of hydrogen-bond acceptors (Lipinski definition) is 8. The van der Waals surface area contributed by atoms with E-state index in [1.807, 2.05) is 18.2 Å². The van der Waals surface area contributed by atoms with E-state index in [1.165, 1.54) is 24.5 Å². The number of H-pyrrole nitrogens is 1. The van der Waals surface area contributed by atoms with Crippen LogP contribution in [0.1, 0.15) is 25.5 Å². The molecule has 4 aromatic rings. The standard InChI is InChI=1S/C27H32FN7O3/c1-2-35(11-12-36)10-3-4-13-38-22-8-9-23-24(17-22)29-18-30-27(23)32-25-15-21(33-34-25)16-26(37)31-20-7-5-6-19(28)14-20/h5-9,14-15,17-18,36H,2-4,10-13,16H2,1H3,(H,31,37)(H2,29,30,32,33,34). The van der Waals surface area contributed by atoms with Gasteiger partial charge in [-0.15, -0.1) is 0 Å². The number of amides is 1. The van der Waals surface area contributed by atoms with Crippen LogP contribution in [-0.4, -0.2) is 68.9 Å². The van der Waals surface area contributed by atoms with Crippen molar-refractivity contribution in [2.24, 2.45) is 0 Å². The van der Waals surface area contributed by atoms with Crippen LogP contribution in [0.5, 0.6) is 5.75 Å². The molecule has 0 fully saturated rings. The molecule has 0 atom stereocenters. The van der Waals surface area contributed by atoms with Gasteiger partial charge in [0, 0.05) is 35.4 Å². The van der Waals surface area contributed by atoms with Gasteiger partial charge >= 0.3 is 0 Å². The van der Waals surface area contributed by atoms with Crippen molar-refractivity contribution in [3.8, 4) is 5.75 Å². The van der Waals surface area contributed by atoms with E-state index < -0.39 is 5.82 Å². The molecule has 0 saturated heterocycles. The van der Waals surface area contributed by atoms with Crippen molar-refractivity contribution in [1.82, 2.24) is 25.1 Å². The van der Waals surface area contributed by atoms with Gasteiger partial charge in [0.2, 0.25) is 5.91 Å². The lowest BCUT2D eigenvalue weighted by Gasteiger charge is -2.18. The summed E-state index contributed by atoms with van der Waals surface area (Å²) in [4.78, 5) is 23.2. The SMILES string of the molecule is CCN(CCO)CCCCOc1ccc2c(Nc3cc(CC(=O)Nc4cccc(F)c4)[nH]n3)ncnc2c1. The van der Waals surface area contributed by atoms with Crippen molar-refractivity contribution in [1.29, 1.82) is 0 Å². The normalized spacial score (nSPS) is 11.2. The molecule has 11 heteroatoms. The minimum absolute atomic E-state index is 0.0499. The first-order valence-corrected chi connectivity index (χ1v) is 12.6. The maximum absolute atomic E-state index is 13.3. The second kappa shape index (κ2) is 13.5. The molecule has 0 aliphatic carbocycles. The fourth-order valence-electron chi connectivity index (χ4n) is 4.01. The molecule has 38 heavy (non-hydrogen) atoms. The number of nitrogens with zero attached hydrogens (tertiary/aromatic N) is 4. The predicted molar refractivity (Wildman–Crippen MR) is 144 cm³/mol. The van der Waals surface area contributed by atoms with Crippen LogP contribution in [0.2, 0.25) is 0 Å². The molecule has 0 radical (unpaired) electrons. The zero-order chi connectivity index (χ0) is 26.7. The van der Waals surface area contributed by atoms with Crippen LogP contribution in [0.4, 0.5) is 21.7 Å². The third kappa shape index (κ3) is 7.70. The molecule has 0 saturated carbocycles. The number of unbranched alkanes of at least 4 members (excludes halogenated alkanes) is 1. The van der Waals surface area contributed by atoms with E-state index in [2.05, 4.69) is 42.6 Å². The number of benzene rings is 2. The van der Waals surface area contributed by atoms with Gasteiger partial charge in [-0.3, -0.25) is 9.89 Å². The van der Waals surface area contributed by atoms with Gasteiger partial charge < -0.3 is 25.4 Å². The van der Waals surface area contributed by atoms with Crippen LogP contribution in [-0.2, 0) is 11.2 Å². The van der Waals surface area contributed by atoms with Crippen LogP contribution < -0.4 is 15.4 Å². The minimum atomic E-state index is -0.416. The molecule has 2 heterocycles. The topological polar surface area (TPSA) is 128 Å². The van der Waals surface area contributed by atoms with Crippen LogP contribution in [0.3, 0.4) is 0 Å². The van der Waals surface area contributed by atoms with E-state index >= 15 is 0 Å². The number of hydrogen-bond donors (Lipinski definition) is 4. The Morgan fingerprint density at radius 1 is 1.13 bits per heavy atom. The second-order valence-electron chi connectivity index (χ2n) is 8.75. The van der Waals surface area contributed by atoms with Gasteiger partial charge in [-0.25, -0.2) is 14.4 Å². The number of aromatic amines is 1. The third-order valence-electron chi connectivity index (χ3n) is 5.95. The monoisotopic (exact) mass is 521 g/mol. The first kappa shape index (κ1) is 27.0. The summed E-state index contributed by atoms with van der Waals surface area (Å²) in [7, 11) is 0. The molecule has 0 spiro atoms. The molecule has 2 aromatic carbocycles. The Bertz CT molecular complexity index is 1350. The fraction of sp³-hybridized carbons (Fsp3) is 0.333. The summed E-state index contributed by atoms with van der Waals surface area (Å²) < 4.78 is 19.2. The van der Waals surface area contributed by atoms with E-state index in [0.717, 1.165) is 42.6 Å². The number of carbonyl (C=O) groups is 1. The van der Waals surface area contributed by atoms with E-state index in [-0.39, 0.29) is 18.9 Å². The van der Waals surface area contributed by atoms with Gasteiger partial charge in [-0.1, -0.05) is 13.0 Å². The third-order valence-corrected chi connectivity index (χ3v) is 5.95. The molecular formula is C27H32FN7O3. The van der Waals surface area contributed by atoms with Crippen molar-refractivity contribution in [3.63, 3.8) is 0 Å². The number of likely N-dealkylation sites (N-methyl/N-ethyl adjacent to an activating group) is 1. The number of aliphatic hydroxyl groups excluding tert-OH is 1. The first-order chi connectivity index (χ1) is 18.5. The van der Waals surface area contributed by atoms with Gasteiger partial charge in [0.05, 0.1) is 25.2 Å². The number of anilines is 3. The zero-order valence-corrected chi connectivity index (χ0v) is 21.3. The zero-order valence-electron chi connectivity index (χ0n) is 21.3. The molecule has 10 nitrogen and oxygen atoms in total. The summed E-state index contributed by atoms with van der Waals surface area (Å²) >= 11 is 0. The molecule has 200 valence electrons. The van der Waals surface area contributed by atoms with Crippen LogP contribution in [0, 0.1) is 5.82 Å². The lowest BCUT2D eigenvalue weighted by atomic mass is 10.2. The second-order valence-corrected chi connectivity index (χ2v) is 8.75. The number of ether oxygens (including phenoxy) is 1. The fourth-order valence-corrected chi connectivity index (χ4v) is 4.01. The quantitative estimate of drug-likeness (QED) is 0.184. The summed E-state index contributed by atoms with van der Waals surface area (Å²) in [6, 6.07) is 13.1. The Hall–Kier alpha value is -4.09. The maximum atomic E-state index is 13.3. The first-order valence-electron chi connectivity index (χ1n) is 12.6. The molecule has 2 aromatic heterocycles. The largest absolute Gasteiger partial charge is 0.494 e. The van der Waals surface area contributed by atoms with E-state index in [0.29, 0.717) is 36.2 Å². The highest BCUT2D eigenvalue weighted by molar-refractivity contribution is 5.93. The van der Waals surface area contributed by atoms with Gasteiger partial charge in [0.1, 0.15) is 23.7 Å². The average Bonchev–Trinajstić information content (AvgIpc) is 3.34. The smallest absolute Gasteiger partial charge is 0.230 e. The van der Waals surface area contributed by atoms with Gasteiger partial charge in [-0.05, 0) is 56.3 Å². The minimum Gasteiger partial charge on any atom is -0.494 e. The predicted octanol–water partition coefficient (Wildman–Crippen LogP) is 3.89. The summed E-state index contributed by atoms with van der Waals surface area (Å²) in [5, 5.41) is 22.8. The van der Waals surface area contributed by atoms with Crippen molar-refractivity contribution in [2.45, 2.75) is 26.2 Å². The Balaban J connectivity index is 1.31. The molecule has 0 aliphatic rings. The number of nitrogens with one attached hydrogen (secondary N) is 3. The number of rotatable bonds is 14. The van der Waals surface area contributed by atoms with Crippen molar-refractivity contribution in [2.75, 3.05) is 43.5 Å². The number of halogens is 1. The Morgan fingerprint density at radius 2 is 2.03 bits per heavy atom. The lowest BCUT2D eigenvalue weighted by molar-refractivity contribution is -0.115. The molecule has 0 aliphatic heterocycles. The highest BCUT2D eigenvalue weighted by Crippen LogP contribution is 2.26.